The topological polar surface area (TPSA) is 66.8 Å². The van der Waals surface area contributed by atoms with Gasteiger partial charge in [0, 0.05) is 12.1 Å². The number of carboxylic acids is 1. The third-order valence-corrected chi connectivity index (χ3v) is 3.07. The lowest BCUT2D eigenvalue weighted by Crippen LogP contribution is -2.52. The van der Waals surface area contributed by atoms with Crippen molar-refractivity contribution in [2.75, 3.05) is 6.54 Å². The number of likely N-dealkylation sites (N-methyl/N-ethyl adjacent to an activating group) is 1. The lowest BCUT2D eigenvalue weighted by atomic mass is 10.0. The van der Waals surface area contributed by atoms with E-state index < -0.39 is 24.0 Å². The Balaban J connectivity index is 3.09. The van der Waals surface area contributed by atoms with E-state index in [2.05, 4.69) is 4.74 Å². The van der Waals surface area contributed by atoms with Crippen LogP contribution in [0.3, 0.4) is 0 Å². The zero-order chi connectivity index (χ0) is 16.2. The standard InChI is InChI=1S/C14H17F2NO4/c1-4-17(14(2,3)12(19)20)11(18)9-6-5-7-10(8-9)21-13(15)16/h5-8,13H,4H2,1-3H3,(H,19,20). The van der Waals surface area contributed by atoms with Crippen molar-refractivity contribution >= 4 is 11.9 Å². The van der Waals surface area contributed by atoms with E-state index in [1.165, 1.54) is 32.0 Å². The average Bonchev–Trinajstić information content (AvgIpc) is 2.38. The fourth-order valence-electron chi connectivity index (χ4n) is 1.87. The molecule has 0 aromatic heterocycles. The van der Waals surface area contributed by atoms with Crippen LogP contribution in [0.15, 0.2) is 24.3 Å². The number of halogens is 2. The van der Waals surface area contributed by atoms with Crippen LogP contribution in [0, 0.1) is 0 Å². The van der Waals surface area contributed by atoms with Crippen molar-refractivity contribution < 1.29 is 28.2 Å². The molecule has 0 aliphatic heterocycles. The highest BCUT2D eigenvalue weighted by Gasteiger charge is 2.37. The molecule has 1 rings (SSSR count). The first-order chi connectivity index (χ1) is 9.70. The third kappa shape index (κ3) is 3.90. The van der Waals surface area contributed by atoms with Crippen LogP contribution >= 0.6 is 0 Å². The van der Waals surface area contributed by atoms with Crippen molar-refractivity contribution in [2.45, 2.75) is 32.9 Å². The molecule has 116 valence electrons. The number of alkyl halides is 2. The maximum absolute atomic E-state index is 12.4. The Labute approximate surface area is 121 Å². The highest BCUT2D eigenvalue weighted by molar-refractivity contribution is 5.97. The summed E-state index contributed by atoms with van der Waals surface area (Å²) in [5.41, 5.74) is -1.32. The minimum atomic E-state index is -2.99. The van der Waals surface area contributed by atoms with Crippen molar-refractivity contribution in [1.29, 1.82) is 0 Å². The summed E-state index contributed by atoms with van der Waals surface area (Å²) in [5.74, 6) is -1.87. The van der Waals surface area contributed by atoms with Gasteiger partial charge in [-0.25, -0.2) is 4.79 Å². The molecule has 5 nitrogen and oxygen atoms in total. The number of benzene rings is 1. The molecule has 21 heavy (non-hydrogen) atoms. The molecule has 1 aromatic carbocycles. The maximum atomic E-state index is 12.4. The van der Waals surface area contributed by atoms with Gasteiger partial charge in [0.05, 0.1) is 0 Å². The number of rotatable bonds is 6. The molecular weight excluding hydrogens is 284 g/mol. The van der Waals surface area contributed by atoms with E-state index >= 15 is 0 Å². The molecule has 0 radical (unpaired) electrons. The summed E-state index contributed by atoms with van der Waals surface area (Å²) in [4.78, 5) is 24.8. The van der Waals surface area contributed by atoms with Crippen molar-refractivity contribution in [2.24, 2.45) is 0 Å². The van der Waals surface area contributed by atoms with Crippen LogP contribution < -0.4 is 4.74 Å². The zero-order valence-corrected chi connectivity index (χ0v) is 12.0. The molecular formula is C14H17F2NO4. The van der Waals surface area contributed by atoms with Crippen LogP contribution in [-0.2, 0) is 4.79 Å². The molecule has 0 spiro atoms. The Morgan fingerprint density at radius 2 is 2.00 bits per heavy atom. The number of nitrogens with zero attached hydrogens (tertiary/aromatic N) is 1. The molecule has 1 aromatic rings. The number of carbonyl (C=O) groups is 2. The first-order valence-electron chi connectivity index (χ1n) is 6.30. The molecule has 0 saturated heterocycles. The Hall–Kier alpha value is -2.18. The summed E-state index contributed by atoms with van der Waals surface area (Å²) in [5, 5.41) is 9.19. The van der Waals surface area contributed by atoms with Crippen molar-refractivity contribution in [3.05, 3.63) is 29.8 Å². The Morgan fingerprint density at radius 1 is 1.38 bits per heavy atom. The first-order valence-corrected chi connectivity index (χ1v) is 6.30. The number of aliphatic carboxylic acids is 1. The molecule has 0 saturated carbocycles. The molecule has 0 heterocycles. The first kappa shape index (κ1) is 16.9. The van der Waals surface area contributed by atoms with Gasteiger partial charge in [-0.3, -0.25) is 4.79 Å². The number of carboxylic acid groups (broad SMARTS) is 1. The van der Waals surface area contributed by atoms with E-state index in [0.717, 1.165) is 11.0 Å². The van der Waals surface area contributed by atoms with Crippen LogP contribution in [0.5, 0.6) is 5.75 Å². The van der Waals surface area contributed by atoms with Crippen molar-refractivity contribution in [1.82, 2.24) is 4.90 Å². The lowest BCUT2D eigenvalue weighted by Gasteiger charge is -2.34. The average molecular weight is 301 g/mol. The quantitative estimate of drug-likeness (QED) is 0.877. The van der Waals surface area contributed by atoms with Gasteiger partial charge in [-0.2, -0.15) is 8.78 Å². The molecule has 1 N–H and O–H groups in total. The van der Waals surface area contributed by atoms with Crippen LogP contribution in [-0.4, -0.2) is 40.6 Å². The van der Waals surface area contributed by atoms with Gasteiger partial charge in [-0.1, -0.05) is 6.07 Å². The summed E-state index contributed by atoms with van der Waals surface area (Å²) >= 11 is 0. The number of carbonyl (C=O) groups excluding carboxylic acids is 1. The van der Waals surface area contributed by atoms with E-state index in [4.69, 9.17) is 0 Å². The SMILES string of the molecule is CCN(C(=O)c1cccc(OC(F)F)c1)C(C)(C)C(=O)O. The zero-order valence-electron chi connectivity index (χ0n) is 12.0. The highest BCUT2D eigenvalue weighted by Crippen LogP contribution is 2.21. The van der Waals surface area contributed by atoms with Gasteiger partial charge in [0.1, 0.15) is 11.3 Å². The number of hydrogen-bond donors (Lipinski definition) is 1. The summed E-state index contributed by atoms with van der Waals surface area (Å²) < 4.78 is 28.6. The van der Waals surface area contributed by atoms with Gasteiger partial charge in [0.2, 0.25) is 0 Å². The van der Waals surface area contributed by atoms with E-state index in [-0.39, 0.29) is 17.9 Å². The molecule has 0 unspecified atom stereocenters. The van der Waals surface area contributed by atoms with Crippen LogP contribution in [0.1, 0.15) is 31.1 Å². The Morgan fingerprint density at radius 3 is 2.48 bits per heavy atom. The van der Waals surface area contributed by atoms with Gasteiger partial charge in [-0.05, 0) is 39.0 Å². The number of ether oxygens (including phenoxy) is 1. The predicted octanol–water partition coefficient (Wildman–Crippen LogP) is 2.61. The van der Waals surface area contributed by atoms with Crippen molar-refractivity contribution in [3.8, 4) is 5.75 Å². The normalized spacial score (nSPS) is 11.3. The van der Waals surface area contributed by atoms with E-state index in [1.54, 1.807) is 6.92 Å². The molecule has 0 bridgehead atoms. The summed E-state index contributed by atoms with van der Waals surface area (Å²) in [6.45, 7) is 1.61. The third-order valence-electron chi connectivity index (χ3n) is 3.07. The van der Waals surface area contributed by atoms with Crippen LogP contribution in [0.2, 0.25) is 0 Å². The second-order valence-corrected chi connectivity index (χ2v) is 4.82. The molecule has 0 atom stereocenters. The van der Waals surface area contributed by atoms with Gasteiger partial charge in [0.25, 0.3) is 5.91 Å². The summed E-state index contributed by atoms with van der Waals surface area (Å²) in [6, 6.07) is 5.27. The number of hydrogen-bond acceptors (Lipinski definition) is 3. The Kier molecular flexibility index (Phi) is 5.23. The van der Waals surface area contributed by atoms with Gasteiger partial charge < -0.3 is 14.7 Å². The second-order valence-electron chi connectivity index (χ2n) is 4.82. The van der Waals surface area contributed by atoms with E-state index in [9.17, 15) is 23.5 Å². The van der Waals surface area contributed by atoms with Crippen LogP contribution in [0.25, 0.3) is 0 Å². The van der Waals surface area contributed by atoms with Gasteiger partial charge in [-0.15, -0.1) is 0 Å². The lowest BCUT2D eigenvalue weighted by molar-refractivity contribution is -0.147. The fourth-order valence-corrected chi connectivity index (χ4v) is 1.87. The minimum Gasteiger partial charge on any atom is -0.480 e. The van der Waals surface area contributed by atoms with Crippen LogP contribution in [0.4, 0.5) is 8.78 Å². The van der Waals surface area contributed by atoms with E-state index in [1.807, 2.05) is 0 Å². The maximum Gasteiger partial charge on any atom is 0.387 e. The van der Waals surface area contributed by atoms with Gasteiger partial charge in [0.15, 0.2) is 0 Å². The molecule has 0 aliphatic carbocycles. The minimum absolute atomic E-state index is 0.0873. The Bertz CT molecular complexity index is 531. The van der Waals surface area contributed by atoms with Crippen molar-refractivity contribution in [3.63, 3.8) is 0 Å². The molecule has 7 heteroatoms. The predicted molar refractivity (Wildman–Crippen MR) is 71.5 cm³/mol. The van der Waals surface area contributed by atoms with Gasteiger partial charge >= 0.3 is 12.6 Å². The summed E-state index contributed by atoms with van der Waals surface area (Å²) in [6.07, 6.45) is 0. The molecule has 0 aliphatic rings. The summed E-state index contributed by atoms with van der Waals surface area (Å²) in [7, 11) is 0. The molecule has 1 amide bonds. The fraction of sp³-hybridized carbons (Fsp3) is 0.429. The monoisotopic (exact) mass is 301 g/mol. The highest BCUT2D eigenvalue weighted by atomic mass is 19.3. The largest absolute Gasteiger partial charge is 0.480 e. The van der Waals surface area contributed by atoms with E-state index in [0.29, 0.717) is 0 Å². The number of amides is 1. The smallest absolute Gasteiger partial charge is 0.387 e. The second kappa shape index (κ2) is 6.51. The molecule has 0 fully saturated rings.